The summed E-state index contributed by atoms with van der Waals surface area (Å²) in [6.07, 6.45) is -1.22. The van der Waals surface area contributed by atoms with E-state index in [1.54, 1.807) is 0 Å². The van der Waals surface area contributed by atoms with Crippen LogP contribution < -0.4 is 11.1 Å². The summed E-state index contributed by atoms with van der Waals surface area (Å²) in [6, 6.07) is -1.31. The molecule has 0 saturated heterocycles. The highest BCUT2D eigenvalue weighted by Crippen LogP contribution is 1.95. The molecule has 0 aliphatic rings. The van der Waals surface area contributed by atoms with Crippen LogP contribution in [0.5, 0.6) is 0 Å². The Hall–Kier alpha value is -1.63. The van der Waals surface area contributed by atoms with E-state index in [1.165, 1.54) is 14.0 Å². The number of carbonyl (C=O) groups is 3. The number of methoxy groups -OCH3 is 1. The zero-order valence-corrected chi connectivity index (χ0v) is 8.52. The summed E-state index contributed by atoms with van der Waals surface area (Å²) in [6.45, 7) is 1.46. The first-order valence-electron chi connectivity index (χ1n) is 4.22. The van der Waals surface area contributed by atoms with E-state index in [0.717, 1.165) is 0 Å². The Morgan fingerprint density at radius 3 is 2.33 bits per heavy atom. The number of ether oxygens (including phenoxy) is 1. The maximum Gasteiger partial charge on any atom is 0.326 e. The first kappa shape index (κ1) is 13.4. The molecule has 0 saturated carbocycles. The molecule has 86 valence electrons. The van der Waals surface area contributed by atoms with Gasteiger partial charge in [-0.1, -0.05) is 0 Å². The number of nitrogens with one attached hydrogen (secondary N) is 1. The van der Waals surface area contributed by atoms with Gasteiger partial charge in [0.15, 0.2) is 0 Å². The summed E-state index contributed by atoms with van der Waals surface area (Å²) in [5, 5.41) is 10.8. The van der Waals surface area contributed by atoms with Gasteiger partial charge >= 0.3 is 5.97 Å². The quantitative estimate of drug-likeness (QED) is 0.499. The van der Waals surface area contributed by atoms with Gasteiger partial charge in [0.05, 0.1) is 6.42 Å². The average molecular weight is 218 g/mol. The van der Waals surface area contributed by atoms with E-state index in [-0.39, 0.29) is 0 Å². The van der Waals surface area contributed by atoms with Gasteiger partial charge in [-0.15, -0.1) is 0 Å². The van der Waals surface area contributed by atoms with Crippen LogP contribution in [0.3, 0.4) is 0 Å². The van der Waals surface area contributed by atoms with Crippen molar-refractivity contribution in [3.05, 3.63) is 0 Å². The van der Waals surface area contributed by atoms with Crippen molar-refractivity contribution in [3.8, 4) is 0 Å². The summed E-state index contributed by atoms with van der Waals surface area (Å²) < 4.78 is 4.68. The van der Waals surface area contributed by atoms with Gasteiger partial charge < -0.3 is 20.9 Å². The normalized spacial score (nSPS) is 14.0. The zero-order valence-electron chi connectivity index (χ0n) is 8.52. The van der Waals surface area contributed by atoms with Crippen molar-refractivity contribution in [2.24, 2.45) is 5.73 Å². The molecular weight excluding hydrogens is 204 g/mol. The van der Waals surface area contributed by atoms with Gasteiger partial charge in [-0.3, -0.25) is 9.59 Å². The lowest BCUT2D eigenvalue weighted by Crippen LogP contribution is -2.46. The monoisotopic (exact) mass is 218 g/mol. The molecule has 0 bridgehead atoms. The lowest BCUT2D eigenvalue weighted by Gasteiger charge is -2.15. The SMILES string of the molecule is COC(C)C(=O)N[C@H](CC(N)=O)C(=O)O. The molecule has 2 amide bonds. The maximum atomic E-state index is 11.2. The Balaban J connectivity index is 4.35. The number of carbonyl (C=O) groups excluding carboxylic acids is 2. The lowest BCUT2D eigenvalue weighted by atomic mass is 10.2. The van der Waals surface area contributed by atoms with Gasteiger partial charge in [0, 0.05) is 7.11 Å². The third kappa shape index (κ3) is 4.96. The number of primary amides is 1. The molecule has 0 aromatic rings. The molecule has 4 N–H and O–H groups in total. The number of aliphatic carboxylic acids is 1. The molecule has 0 spiro atoms. The number of rotatable bonds is 6. The molecular formula is C8H14N2O5. The van der Waals surface area contributed by atoms with Crippen molar-refractivity contribution < 1.29 is 24.2 Å². The van der Waals surface area contributed by atoms with Gasteiger partial charge in [0.2, 0.25) is 11.8 Å². The van der Waals surface area contributed by atoms with E-state index in [2.05, 4.69) is 10.1 Å². The van der Waals surface area contributed by atoms with Crippen LogP contribution in [0, 0.1) is 0 Å². The van der Waals surface area contributed by atoms with Crippen LogP contribution in [-0.2, 0) is 19.1 Å². The van der Waals surface area contributed by atoms with Crippen molar-refractivity contribution in [1.82, 2.24) is 5.32 Å². The summed E-state index contributed by atoms with van der Waals surface area (Å²) in [7, 11) is 1.31. The minimum Gasteiger partial charge on any atom is -0.480 e. The summed E-state index contributed by atoms with van der Waals surface area (Å²) in [5.41, 5.74) is 4.83. The Labute approximate surface area is 86.6 Å². The third-order valence-electron chi connectivity index (χ3n) is 1.74. The smallest absolute Gasteiger partial charge is 0.326 e. The molecule has 7 nitrogen and oxygen atoms in total. The number of carboxylic acid groups (broad SMARTS) is 1. The molecule has 0 aliphatic heterocycles. The molecule has 15 heavy (non-hydrogen) atoms. The first-order chi connectivity index (χ1) is 6.88. The lowest BCUT2D eigenvalue weighted by molar-refractivity contribution is -0.144. The molecule has 0 radical (unpaired) electrons. The van der Waals surface area contributed by atoms with Crippen molar-refractivity contribution in [3.63, 3.8) is 0 Å². The van der Waals surface area contributed by atoms with E-state index >= 15 is 0 Å². The highest BCUT2D eigenvalue weighted by atomic mass is 16.5. The Bertz CT molecular complexity index is 266. The molecule has 7 heteroatoms. The fraction of sp³-hybridized carbons (Fsp3) is 0.625. The van der Waals surface area contributed by atoms with E-state index in [4.69, 9.17) is 10.8 Å². The van der Waals surface area contributed by atoms with E-state index in [0.29, 0.717) is 0 Å². The largest absolute Gasteiger partial charge is 0.480 e. The van der Waals surface area contributed by atoms with Crippen LogP contribution in [0.1, 0.15) is 13.3 Å². The molecule has 0 rings (SSSR count). The number of hydrogen-bond donors (Lipinski definition) is 3. The molecule has 0 aliphatic carbocycles. The van der Waals surface area contributed by atoms with Crippen LogP contribution >= 0.6 is 0 Å². The van der Waals surface area contributed by atoms with E-state index in [9.17, 15) is 14.4 Å². The number of nitrogens with two attached hydrogens (primary N) is 1. The zero-order chi connectivity index (χ0) is 12.0. The first-order valence-corrected chi connectivity index (χ1v) is 4.22. The predicted molar refractivity (Wildman–Crippen MR) is 49.8 cm³/mol. The van der Waals surface area contributed by atoms with Crippen LogP contribution in [0.25, 0.3) is 0 Å². The van der Waals surface area contributed by atoms with E-state index < -0.39 is 36.4 Å². The molecule has 0 fully saturated rings. The fourth-order valence-corrected chi connectivity index (χ4v) is 0.797. The van der Waals surface area contributed by atoms with Crippen molar-refractivity contribution in [2.75, 3.05) is 7.11 Å². The Kier molecular flexibility index (Phi) is 5.32. The summed E-state index contributed by atoms with van der Waals surface area (Å²) in [4.78, 5) is 32.3. The predicted octanol–water partition coefficient (Wildman–Crippen LogP) is -1.53. The minimum absolute atomic E-state index is 0.447. The van der Waals surface area contributed by atoms with Gasteiger partial charge in [-0.2, -0.15) is 0 Å². The molecule has 0 aromatic carbocycles. The second kappa shape index (κ2) is 5.97. The maximum absolute atomic E-state index is 11.2. The Morgan fingerprint density at radius 2 is 2.00 bits per heavy atom. The molecule has 0 aromatic heterocycles. The second-order valence-corrected chi connectivity index (χ2v) is 2.95. The van der Waals surface area contributed by atoms with Crippen LogP contribution in [-0.4, -0.2) is 42.1 Å². The van der Waals surface area contributed by atoms with Gasteiger partial charge in [-0.05, 0) is 6.92 Å². The highest BCUT2D eigenvalue weighted by molar-refractivity contribution is 5.89. The standard InChI is InChI=1S/C8H14N2O5/c1-4(15-2)7(12)10-5(8(13)14)3-6(9)11/h4-5H,3H2,1-2H3,(H2,9,11)(H,10,12)(H,13,14)/t4?,5-/m1/s1. The van der Waals surface area contributed by atoms with E-state index in [1.807, 2.05) is 0 Å². The highest BCUT2D eigenvalue weighted by Gasteiger charge is 2.24. The number of amides is 2. The molecule has 1 unspecified atom stereocenters. The summed E-state index contributed by atoms with van der Waals surface area (Å²) in [5.74, 6) is -2.72. The van der Waals surface area contributed by atoms with Crippen LogP contribution in [0.2, 0.25) is 0 Å². The second-order valence-electron chi connectivity index (χ2n) is 2.95. The Morgan fingerprint density at radius 1 is 1.47 bits per heavy atom. The fourth-order valence-electron chi connectivity index (χ4n) is 0.797. The van der Waals surface area contributed by atoms with Crippen molar-refractivity contribution in [2.45, 2.75) is 25.5 Å². The number of carboxylic acids is 1. The number of hydrogen-bond acceptors (Lipinski definition) is 4. The molecule has 2 atom stereocenters. The van der Waals surface area contributed by atoms with Gasteiger partial charge in [0.25, 0.3) is 0 Å². The van der Waals surface area contributed by atoms with Crippen molar-refractivity contribution in [1.29, 1.82) is 0 Å². The average Bonchev–Trinajstić information content (AvgIpc) is 2.14. The minimum atomic E-state index is -1.31. The van der Waals surface area contributed by atoms with Gasteiger partial charge in [0.1, 0.15) is 12.1 Å². The van der Waals surface area contributed by atoms with Crippen LogP contribution in [0.4, 0.5) is 0 Å². The summed E-state index contributed by atoms with van der Waals surface area (Å²) >= 11 is 0. The van der Waals surface area contributed by atoms with Gasteiger partial charge in [-0.25, -0.2) is 4.79 Å². The topological polar surface area (TPSA) is 119 Å². The van der Waals surface area contributed by atoms with Crippen LogP contribution in [0.15, 0.2) is 0 Å². The third-order valence-corrected chi connectivity index (χ3v) is 1.74. The van der Waals surface area contributed by atoms with Crippen molar-refractivity contribution >= 4 is 17.8 Å². The molecule has 0 heterocycles.